The van der Waals surface area contributed by atoms with Gasteiger partial charge in [0.15, 0.2) is 0 Å². The van der Waals surface area contributed by atoms with Crippen LogP contribution in [0.5, 0.6) is 0 Å². The summed E-state index contributed by atoms with van der Waals surface area (Å²) < 4.78 is 0. The predicted octanol–water partition coefficient (Wildman–Crippen LogP) is 2.77. The van der Waals surface area contributed by atoms with E-state index in [0.717, 1.165) is 31.6 Å². The van der Waals surface area contributed by atoms with Crippen LogP contribution >= 0.6 is 0 Å². The lowest BCUT2D eigenvalue weighted by Crippen LogP contribution is -2.53. The summed E-state index contributed by atoms with van der Waals surface area (Å²) in [7, 11) is 0. The molecule has 1 atom stereocenters. The molecule has 1 aliphatic carbocycles. The second-order valence-electron chi connectivity index (χ2n) is 7.03. The summed E-state index contributed by atoms with van der Waals surface area (Å²) in [4.78, 5) is 6.46. The topological polar surface area (TPSA) is 48.4 Å². The van der Waals surface area contributed by atoms with Crippen LogP contribution in [0.15, 0.2) is 18.5 Å². The highest BCUT2D eigenvalue weighted by Crippen LogP contribution is 2.44. The Hall–Kier alpha value is -1.13. The van der Waals surface area contributed by atoms with Crippen molar-refractivity contribution < 1.29 is 5.11 Å². The van der Waals surface area contributed by atoms with Gasteiger partial charge in [0.05, 0.1) is 11.9 Å². The number of aromatic nitrogens is 1. The van der Waals surface area contributed by atoms with E-state index >= 15 is 0 Å². The Kier molecular flexibility index (Phi) is 4.18. The molecule has 2 N–H and O–H groups in total. The SMILES string of the molecule is Cc1ccncc1NC1CCN(C(O)C2(C)CCC2)CC1. The molecule has 3 rings (SSSR count). The fraction of sp³-hybridized carbons (Fsp3) is 0.706. The lowest BCUT2D eigenvalue weighted by atomic mass is 9.68. The Bertz CT molecular complexity index is 479. The Morgan fingerprint density at radius 2 is 2.10 bits per heavy atom. The minimum absolute atomic E-state index is 0.139. The number of aliphatic hydroxyl groups excluding tert-OH is 1. The Morgan fingerprint density at radius 3 is 2.67 bits per heavy atom. The van der Waals surface area contributed by atoms with Crippen molar-refractivity contribution in [1.29, 1.82) is 0 Å². The minimum Gasteiger partial charge on any atom is -0.381 e. The fourth-order valence-corrected chi connectivity index (χ4v) is 3.56. The van der Waals surface area contributed by atoms with Gasteiger partial charge < -0.3 is 10.4 Å². The maximum absolute atomic E-state index is 10.6. The number of hydrogen-bond donors (Lipinski definition) is 2. The number of nitrogens with one attached hydrogen (secondary N) is 1. The third-order valence-electron chi connectivity index (χ3n) is 5.39. The van der Waals surface area contributed by atoms with E-state index in [0.29, 0.717) is 6.04 Å². The first kappa shape index (κ1) is 14.8. The molecule has 1 unspecified atom stereocenters. The van der Waals surface area contributed by atoms with Gasteiger partial charge in [0.25, 0.3) is 0 Å². The molecule has 116 valence electrons. The van der Waals surface area contributed by atoms with Gasteiger partial charge in [-0.15, -0.1) is 0 Å². The standard InChI is InChI=1S/C17H27N3O/c1-13-4-9-18-12-15(13)19-14-5-10-20(11-6-14)16(21)17(2)7-3-8-17/h4,9,12,14,16,19,21H,3,5-8,10-11H2,1-2H3. The number of aliphatic hydroxyl groups is 1. The van der Waals surface area contributed by atoms with Crippen molar-refractivity contribution in [1.82, 2.24) is 9.88 Å². The molecule has 0 radical (unpaired) electrons. The molecule has 1 aromatic heterocycles. The molecule has 1 aliphatic heterocycles. The maximum Gasteiger partial charge on any atom is 0.112 e. The Balaban J connectivity index is 1.52. The molecule has 0 amide bonds. The van der Waals surface area contributed by atoms with E-state index in [1.165, 1.54) is 24.8 Å². The number of pyridine rings is 1. The number of anilines is 1. The highest BCUT2D eigenvalue weighted by molar-refractivity contribution is 5.48. The van der Waals surface area contributed by atoms with E-state index in [2.05, 4.69) is 29.0 Å². The van der Waals surface area contributed by atoms with E-state index in [-0.39, 0.29) is 11.6 Å². The molecule has 1 saturated carbocycles. The number of likely N-dealkylation sites (tertiary alicyclic amines) is 1. The first-order valence-corrected chi connectivity index (χ1v) is 8.18. The molecule has 2 heterocycles. The maximum atomic E-state index is 10.6. The van der Waals surface area contributed by atoms with Gasteiger partial charge in [0.1, 0.15) is 6.23 Å². The van der Waals surface area contributed by atoms with Gasteiger partial charge in [-0.3, -0.25) is 9.88 Å². The van der Waals surface area contributed by atoms with Gasteiger partial charge in [0.2, 0.25) is 0 Å². The van der Waals surface area contributed by atoms with Crippen LogP contribution in [-0.2, 0) is 0 Å². The molecule has 4 nitrogen and oxygen atoms in total. The lowest BCUT2D eigenvalue weighted by Gasteiger charge is -2.48. The third kappa shape index (κ3) is 3.06. The van der Waals surface area contributed by atoms with Gasteiger partial charge in [-0.2, -0.15) is 0 Å². The van der Waals surface area contributed by atoms with Gasteiger partial charge in [-0.05, 0) is 44.2 Å². The molecule has 0 bridgehead atoms. The molecule has 2 fully saturated rings. The Labute approximate surface area is 127 Å². The zero-order chi connectivity index (χ0) is 14.9. The minimum atomic E-state index is -0.257. The highest BCUT2D eigenvalue weighted by atomic mass is 16.3. The van der Waals surface area contributed by atoms with Crippen LogP contribution in [0.25, 0.3) is 0 Å². The van der Waals surface area contributed by atoms with Gasteiger partial charge in [0, 0.05) is 30.7 Å². The number of rotatable bonds is 4. The molecular formula is C17H27N3O. The van der Waals surface area contributed by atoms with Crippen LogP contribution in [0.1, 0.15) is 44.6 Å². The van der Waals surface area contributed by atoms with Crippen molar-refractivity contribution in [2.24, 2.45) is 5.41 Å². The average molecular weight is 289 g/mol. The summed E-state index contributed by atoms with van der Waals surface area (Å²) in [6.45, 7) is 6.30. The Morgan fingerprint density at radius 1 is 1.38 bits per heavy atom. The van der Waals surface area contributed by atoms with Crippen LogP contribution < -0.4 is 5.32 Å². The first-order valence-electron chi connectivity index (χ1n) is 8.18. The molecule has 21 heavy (non-hydrogen) atoms. The fourth-order valence-electron chi connectivity index (χ4n) is 3.56. The second-order valence-corrected chi connectivity index (χ2v) is 7.03. The number of aryl methyl sites for hydroxylation is 1. The van der Waals surface area contributed by atoms with E-state index in [4.69, 9.17) is 0 Å². The molecule has 4 heteroatoms. The molecule has 2 aliphatic rings. The van der Waals surface area contributed by atoms with Crippen LogP contribution in [0.3, 0.4) is 0 Å². The van der Waals surface area contributed by atoms with Gasteiger partial charge >= 0.3 is 0 Å². The summed E-state index contributed by atoms with van der Waals surface area (Å²) in [5.74, 6) is 0. The van der Waals surface area contributed by atoms with Crippen LogP contribution in [-0.4, -0.2) is 40.3 Å². The number of piperidine rings is 1. The summed E-state index contributed by atoms with van der Waals surface area (Å²) >= 11 is 0. The van der Waals surface area contributed by atoms with Gasteiger partial charge in [-0.1, -0.05) is 13.3 Å². The van der Waals surface area contributed by atoms with Crippen molar-refractivity contribution in [2.45, 2.75) is 58.2 Å². The van der Waals surface area contributed by atoms with Crippen molar-refractivity contribution in [3.63, 3.8) is 0 Å². The summed E-state index contributed by atoms with van der Waals surface area (Å²) in [5.41, 5.74) is 2.53. The zero-order valence-corrected chi connectivity index (χ0v) is 13.2. The largest absolute Gasteiger partial charge is 0.381 e. The van der Waals surface area contributed by atoms with E-state index in [1.807, 2.05) is 18.5 Å². The summed E-state index contributed by atoms with van der Waals surface area (Å²) in [6.07, 6.45) is 9.26. The van der Waals surface area contributed by atoms with Crippen molar-refractivity contribution >= 4 is 5.69 Å². The second kappa shape index (κ2) is 5.93. The van der Waals surface area contributed by atoms with Crippen LogP contribution in [0, 0.1) is 12.3 Å². The number of hydrogen-bond acceptors (Lipinski definition) is 4. The number of nitrogens with zero attached hydrogens (tertiary/aromatic N) is 2. The molecule has 1 saturated heterocycles. The molecular weight excluding hydrogens is 262 g/mol. The third-order valence-corrected chi connectivity index (χ3v) is 5.39. The molecule has 1 aromatic rings. The van der Waals surface area contributed by atoms with Crippen LogP contribution in [0.4, 0.5) is 5.69 Å². The summed E-state index contributed by atoms with van der Waals surface area (Å²) in [6, 6.07) is 2.53. The molecule has 0 spiro atoms. The van der Waals surface area contributed by atoms with Crippen molar-refractivity contribution in [2.75, 3.05) is 18.4 Å². The summed E-state index contributed by atoms with van der Waals surface area (Å²) in [5, 5.41) is 14.2. The monoisotopic (exact) mass is 289 g/mol. The van der Waals surface area contributed by atoms with E-state index in [1.54, 1.807) is 0 Å². The predicted molar refractivity (Wildman–Crippen MR) is 85.2 cm³/mol. The van der Waals surface area contributed by atoms with E-state index in [9.17, 15) is 5.11 Å². The van der Waals surface area contributed by atoms with Gasteiger partial charge in [-0.25, -0.2) is 0 Å². The van der Waals surface area contributed by atoms with E-state index < -0.39 is 0 Å². The van der Waals surface area contributed by atoms with Crippen molar-refractivity contribution in [3.05, 3.63) is 24.0 Å². The average Bonchev–Trinajstić information content (AvgIpc) is 2.47. The zero-order valence-electron chi connectivity index (χ0n) is 13.2. The molecule has 0 aromatic carbocycles. The highest BCUT2D eigenvalue weighted by Gasteiger charge is 2.42. The quantitative estimate of drug-likeness (QED) is 0.895. The smallest absolute Gasteiger partial charge is 0.112 e. The first-order chi connectivity index (χ1) is 10.1. The van der Waals surface area contributed by atoms with Crippen molar-refractivity contribution in [3.8, 4) is 0 Å². The van der Waals surface area contributed by atoms with Crippen LogP contribution in [0.2, 0.25) is 0 Å². The normalized spacial score (nSPS) is 24.3. The lowest BCUT2D eigenvalue weighted by molar-refractivity contribution is -0.125.